The van der Waals surface area contributed by atoms with E-state index in [0.717, 1.165) is 4.57 Å². The monoisotopic (exact) mass is 157 g/mol. The molecular formula is C5H7N3O3. The number of aromatic nitrogens is 3. The van der Waals surface area contributed by atoms with E-state index in [1.165, 1.54) is 0 Å². The van der Waals surface area contributed by atoms with Crippen LogP contribution in [0.5, 0.6) is 0 Å². The summed E-state index contributed by atoms with van der Waals surface area (Å²) in [6.07, 6.45) is 0. The Morgan fingerprint density at radius 3 is 2.82 bits per heavy atom. The van der Waals surface area contributed by atoms with Gasteiger partial charge in [-0.05, 0) is 6.92 Å². The minimum absolute atomic E-state index is 0.346. The lowest BCUT2D eigenvalue weighted by Crippen LogP contribution is -2.22. The highest BCUT2D eigenvalue weighted by Crippen LogP contribution is 1.85. The van der Waals surface area contributed by atoms with Crippen molar-refractivity contribution in [1.82, 2.24) is 14.8 Å². The van der Waals surface area contributed by atoms with Gasteiger partial charge in [-0.2, -0.15) is 5.10 Å². The Morgan fingerprint density at radius 2 is 2.45 bits per heavy atom. The first-order chi connectivity index (χ1) is 5.11. The van der Waals surface area contributed by atoms with Crippen LogP contribution >= 0.6 is 0 Å². The zero-order valence-electron chi connectivity index (χ0n) is 5.87. The van der Waals surface area contributed by atoms with Gasteiger partial charge in [0.05, 0.1) is 0 Å². The van der Waals surface area contributed by atoms with Gasteiger partial charge in [0.2, 0.25) is 0 Å². The van der Waals surface area contributed by atoms with E-state index in [1.54, 1.807) is 6.92 Å². The number of carboxylic acid groups (broad SMARTS) is 1. The Hall–Kier alpha value is -1.59. The van der Waals surface area contributed by atoms with E-state index in [2.05, 4.69) is 10.2 Å². The van der Waals surface area contributed by atoms with Gasteiger partial charge in [0, 0.05) is 0 Å². The summed E-state index contributed by atoms with van der Waals surface area (Å²) in [5.41, 5.74) is -0.495. The summed E-state index contributed by atoms with van der Waals surface area (Å²) < 4.78 is 1.04. The second-order valence-electron chi connectivity index (χ2n) is 2.06. The van der Waals surface area contributed by atoms with Crippen molar-refractivity contribution in [2.45, 2.75) is 13.5 Å². The number of nitrogens with one attached hydrogen (secondary N) is 1. The van der Waals surface area contributed by atoms with Gasteiger partial charge in [-0.25, -0.2) is 9.89 Å². The number of hydrogen-bond acceptors (Lipinski definition) is 3. The van der Waals surface area contributed by atoms with E-state index in [1.807, 2.05) is 0 Å². The molecule has 6 nitrogen and oxygen atoms in total. The van der Waals surface area contributed by atoms with E-state index in [-0.39, 0.29) is 6.54 Å². The first-order valence-corrected chi connectivity index (χ1v) is 2.95. The standard InChI is InChI=1S/C5H7N3O3/c1-3-6-7-5(11)8(3)2-4(9)10/h2H2,1H3,(H,7,11)(H,9,10). The fourth-order valence-electron chi connectivity index (χ4n) is 0.718. The fourth-order valence-corrected chi connectivity index (χ4v) is 0.718. The van der Waals surface area contributed by atoms with Crippen molar-refractivity contribution in [3.8, 4) is 0 Å². The summed E-state index contributed by atoms with van der Waals surface area (Å²) in [5.74, 6) is -0.686. The van der Waals surface area contributed by atoms with Crippen molar-refractivity contribution in [3.63, 3.8) is 0 Å². The van der Waals surface area contributed by atoms with Crippen LogP contribution in [-0.2, 0) is 11.3 Å². The second kappa shape index (κ2) is 2.57. The minimum atomic E-state index is -1.06. The van der Waals surface area contributed by atoms with Crippen molar-refractivity contribution >= 4 is 5.97 Å². The Morgan fingerprint density at radius 1 is 1.82 bits per heavy atom. The summed E-state index contributed by atoms with van der Waals surface area (Å²) in [4.78, 5) is 20.9. The highest BCUT2D eigenvalue weighted by molar-refractivity contribution is 5.66. The maximum absolute atomic E-state index is 10.8. The highest BCUT2D eigenvalue weighted by Gasteiger charge is 2.06. The Labute approximate surface area is 61.5 Å². The summed E-state index contributed by atoms with van der Waals surface area (Å²) in [5, 5.41) is 14.0. The maximum Gasteiger partial charge on any atom is 0.343 e. The molecule has 0 amide bonds. The van der Waals surface area contributed by atoms with E-state index >= 15 is 0 Å². The lowest BCUT2D eigenvalue weighted by atomic mass is 10.6. The molecule has 0 radical (unpaired) electrons. The van der Waals surface area contributed by atoms with Gasteiger partial charge >= 0.3 is 11.7 Å². The molecule has 0 saturated carbocycles. The number of carbonyl (C=O) groups is 1. The summed E-state index contributed by atoms with van der Waals surface area (Å²) >= 11 is 0. The molecule has 1 rings (SSSR count). The van der Waals surface area contributed by atoms with Gasteiger partial charge in [-0.15, -0.1) is 0 Å². The van der Waals surface area contributed by atoms with Gasteiger partial charge in [-0.1, -0.05) is 0 Å². The van der Waals surface area contributed by atoms with E-state index in [0.29, 0.717) is 5.82 Å². The smallest absolute Gasteiger partial charge is 0.343 e. The van der Waals surface area contributed by atoms with Crippen LogP contribution in [0.15, 0.2) is 4.79 Å². The predicted molar refractivity (Wildman–Crippen MR) is 35.2 cm³/mol. The Kier molecular flexibility index (Phi) is 1.75. The number of nitrogens with zero attached hydrogens (tertiary/aromatic N) is 2. The van der Waals surface area contributed by atoms with Crippen LogP contribution in [0, 0.1) is 6.92 Å². The molecular weight excluding hydrogens is 150 g/mol. The Bertz CT molecular complexity index is 324. The van der Waals surface area contributed by atoms with Gasteiger partial charge in [0.15, 0.2) is 0 Å². The summed E-state index contributed by atoms with van der Waals surface area (Å²) in [7, 11) is 0. The topological polar surface area (TPSA) is 88.0 Å². The Balaban J connectivity index is 3.01. The first kappa shape index (κ1) is 7.52. The molecule has 0 unspecified atom stereocenters. The molecule has 0 aliphatic carbocycles. The number of hydrogen-bond donors (Lipinski definition) is 2. The molecule has 0 atom stereocenters. The third-order valence-corrected chi connectivity index (χ3v) is 1.24. The zero-order valence-corrected chi connectivity index (χ0v) is 5.87. The second-order valence-corrected chi connectivity index (χ2v) is 2.06. The van der Waals surface area contributed by atoms with Crippen LogP contribution < -0.4 is 5.69 Å². The molecule has 1 aromatic rings. The van der Waals surface area contributed by atoms with Crippen LogP contribution in [0.1, 0.15) is 5.82 Å². The van der Waals surface area contributed by atoms with E-state index in [9.17, 15) is 9.59 Å². The number of aryl methyl sites for hydroxylation is 1. The molecule has 1 heterocycles. The van der Waals surface area contributed by atoms with Crippen molar-refractivity contribution in [3.05, 3.63) is 16.3 Å². The number of aliphatic carboxylic acids is 1. The molecule has 11 heavy (non-hydrogen) atoms. The normalized spacial score (nSPS) is 9.91. The van der Waals surface area contributed by atoms with Gasteiger partial charge in [-0.3, -0.25) is 9.36 Å². The lowest BCUT2D eigenvalue weighted by molar-refractivity contribution is -0.137. The molecule has 6 heteroatoms. The van der Waals surface area contributed by atoms with Crippen LogP contribution in [0.2, 0.25) is 0 Å². The van der Waals surface area contributed by atoms with Crippen LogP contribution in [-0.4, -0.2) is 25.8 Å². The molecule has 0 aliphatic heterocycles. The summed E-state index contributed by atoms with van der Waals surface area (Å²) in [6.45, 7) is 1.21. The average Bonchev–Trinajstić information content (AvgIpc) is 2.18. The number of rotatable bonds is 2. The first-order valence-electron chi connectivity index (χ1n) is 2.95. The molecule has 2 N–H and O–H groups in total. The van der Waals surface area contributed by atoms with Gasteiger partial charge < -0.3 is 5.11 Å². The van der Waals surface area contributed by atoms with Crippen molar-refractivity contribution in [2.75, 3.05) is 0 Å². The quantitative estimate of drug-likeness (QED) is 0.574. The highest BCUT2D eigenvalue weighted by atomic mass is 16.4. The van der Waals surface area contributed by atoms with Crippen molar-refractivity contribution < 1.29 is 9.90 Å². The molecule has 0 spiro atoms. The maximum atomic E-state index is 10.8. The molecule has 0 aromatic carbocycles. The van der Waals surface area contributed by atoms with Crippen molar-refractivity contribution in [1.29, 1.82) is 0 Å². The van der Waals surface area contributed by atoms with Crippen LogP contribution in [0.4, 0.5) is 0 Å². The SMILES string of the molecule is Cc1n[nH]c(=O)n1CC(=O)O. The zero-order chi connectivity index (χ0) is 8.43. The average molecular weight is 157 g/mol. The molecule has 60 valence electrons. The number of carboxylic acids is 1. The largest absolute Gasteiger partial charge is 0.480 e. The van der Waals surface area contributed by atoms with Crippen molar-refractivity contribution in [2.24, 2.45) is 0 Å². The van der Waals surface area contributed by atoms with Gasteiger partial charge in [0.1, 0.15) is 12.4 Å². The van der Waals surface area contributed by atoms with E-state index < -0.39 is 11.7 Å². The lowest BCUT2D eigenvalue weighted by Gasteiger charge is -1.94. The van der Waals surface area contributed by atoms with E-state index in [4.69, 9.17) is 5.11 Å². The minimum Gasteiger partial charge on any atom is -0.480 e. The van der Waals surface area contributed by atoms with Crippen LogP contribution in [0.25, 0.3) is 0 Å². The molecule has 0 saturated heterocycles. The summed E-state index contributed by atoms with van der Waals surface area (Å²) in [6, 6.07) is 0. The number of aromatic amines is 1. The molecule has 0 bridgehead atoms. The van der Waals surface area contributed by atoms with Crippen LogP contribution in [0.3, 0.4) is 0 Å². The number of H-pyrrole nitrogens is 1. The molecule has 1 aromatic heterocycles. The fraction of sp³-hybridized carbons (Fsp3) is 0.400. The van der Waals surface area contributed by atoms with Gasteiger partial charge in [0.25, 0.3) is 0 Å². The third-order valence-electron chi connectivity index (χ3n) is 1.24. The molecule has 0 fully saturated rings. The third kappa shape index (κ3) is 1.46. The predicted octanol–water partition coefficient (Wildman–Crippen LogP) is -1.04. The molecule has 0 aliphatic rings.